The second-order valence-electron chi connectivity index (χ2n) is 4.59. The van der Waals surface area contributed by atoms with Crippen LogP contribution in [0.2, 0.25) is 0 Å². The molecule has 1 amide bonds. The summed E-state index contributed by atoms with van der Waals surface area (Å²) in [6.07, 6.45) is 0. The molecule has 0 radical (unpaired) electrons. The van der Waals surface area contributed by atoms with E-state index in [0.29, 0.717) is 10.7 Å². The molecule has 23 heavy (non-hydrogen) atoms. The molecule has 0 unspecified atom stereocenters. The SMILES string of the molecule is O=C(NC(=S)Nc1nc2ccc(O)cc2s1)c1ccc(Br)cc1. The highest BCUT2D eigenvalue weighted by molar-refractivity contribution is 9.10. The number of phenolic OH excluding ortho intramolecular Hbond substituents is 1. The maximum atomic E-state index is 12.1. The van der Waals surface area contributed by atoms with E-state index in [9.17, 15) is 9.90 Å². The Bertz CT molecular complexity index is 893. The van der Waals surface area contributed by atoms with Gasteiger partial charge in [-0.15, -0.1) is 0 Å². The molecule has 0 spiro atoms. The average molecular weight is 408 g/mol. The molecule has 8 heteroatoms. The second-order valence-corrected chi connectivity index (χ2v) is 6.94. The van der Waals surface area contributed by atoms with Crippen LogP contribution < -0.4 is 10.6 Å². The van der Waals surface area contributed by atoms with E-state index in [1.165, 1.54) is 11.3 Å². The minimum atomic E-state index is -0.297. The van der Waals surface area contributed by atoms with Gasteiger partial charge in [0.05, 0.1) is 10.2 Å². The number of anilines is 1. The van der Waals surface area contributed by atoms with Crippen molar-refractivity contribution >= 4 is 65.9 Å². The van der Waals surface area contributed by atoms with Crippen LogP contribution in [-0.4, -0.2) is 21.1 Å². The Morgan fingerprint density at radius 1 is 1.22 bits per heavy atom. The number of phenols is 1. The number of hydrogen-bond donors (Lipinski definition) is 3. The van der Waals surface area contributed by atoms with Crippen molar-refractivity contribution < 1.29 is 9.90 Å². The molecule has 3 aromatic rings. The van der Waals surface area contributed by atoms with Crippen molar-refractivity contribution in [3.8, 4) is 5.75 Å². The van der Waals surface area contributed by atoms with E-state index in [2.05, 4.69) is 31.5 Å². The van der Waals surface area contributed by atoms with Gasteiger partial charge >= 0.3 is 0 Å². The number of amides is 1. The van der Waals surface area contributed by atoms with Gasteiger partial charge in [0.25, 0.3) is 5.91 Å². The third-order valence-corrected chi connectivity index (χ3v) is 4.59. The molecule has 0 atom stereocenters. The third kappa shape index (κ3) is 3.84. The van der Waals surface area contributed by atoms with E-state index in [1.807, 2.05) is 0 Å². The Morgan fingerprint density at radius 2 is 1.96 bits per heavy atom. The van der Waals surface area contributed by atoms with Gasteiger partial charge < -0.3 is 10.4 Å². The van der Waals surface area contributed by atoms with Crippen LogP contribution in [0.1, 0.15) is 10.4 Å². The topological polar surface area (TPSA) is 74.2 Å². The monoisotopic (exact) mass is 407 g/mol. The predicted molar refractivity (Wildman–Crippen MR) is 99.1 cm³/mol. The van der Waals surface area contributed by atoms with Crippen molar-refractivity contribution in [3.63, 3.8) is 0 Å². The predicted octanol–water partition coefficient (Wildman–Crippen LogP) is 3.89. The summed E-state index contributed by atoms with van der Waals surface area (Å²) in [6.45, 7) is 0. The number of nitrogens with zero attached hydrogens (tertiary/aromatic N) is 1. The average Bonchev–Trinajstić information content (AvgIpc) is 2.88. The van der Waals surface area contributed by atoms with Crippen LogP contribution in [0.4, 0.5) is 5.13 Å². The first kappa shape index (κ1) is 15.9. The molecule has 0 saturated carbocycles. The number of halogens is 1. The summed E-state index contributed by atoms with van der Waals surface area (Å²) in [5.41, 5.74) is 1.25. The van der Waals surface area contributed by atoms with E-state index < -0.39 is 0 Å². The second kappa shape index (κ2) is 6.61. The number of aromatic hydroxyl groups is 1. The third-order valence-electron chi connectivity index (χ3n) is 2.93. The number of thiazole rings is 1. The summed E-state index contributed by atoms with van der Waals surface area (Å²) >= 11 is 9.79. The van der Waals surface area contributed by atoms with Crippen LogP contribution >= 0.6 is 39.5 Å². The highest BCUT2D eigenvalue weighted by atomic mass is 79.9. The zero-order valence-corrected chi connectivity index (χ0v) is 14.8. The van der Waals surface area contributed by atoms with Gasteiger partial charge in [-0.1, -0.05) is 27.3 Å². The van der Waals surface area contributed by atoms with E-state index in [1.54, 1.807) is 42.5 Å². The summed E-state index contributed by atoms with van der Waals surface area (Å²) in [6, 6.07) is 11.9. The van der Waals surface area contributed by atoms with Crippen molar-refractivity contribution in [2.24, 2.45) is 0 Å². The number of fused-ring (bicyclic) bond motifs is 1. The lowest BCUT2D eigenvalue weighted by Crippen LogP contribution is -2.34. The van der Waals surface area contributed by atoms with Crippen molar-refractivity contribution in [1.82, 2.24) is 10.3 Å². The molecule has 0 bridgehead atoms. The summed E-state index contributed by atoms with van der Waals surface area (Å²) in [5.74, 6) is -0.118. The zero-order valence-electron chi connectivity index (χ0n) is 11.5. The van der Waals surface area contributed by atoms with Gasteiger partial charge in [0.15, 0.2) is 10.2 Å². The Kier molecular flexibility index (Phi) is 4.56. The Morgan fingerprint density at radius 3 is 2.70 bits per heavy atom. The van der Waals surface area contributed by atoms with E-state index in [0.717, 1.165) is 14.7 Å². The fourth-order valence-corrected chi connectivity index (χ4v) is 3.29. The van der Waals surface area contributed by atoms with Crippen molar-refractivity contribution in [3.05, 3.63) is 52.5 Å². The van der Waals surface area contributed by atoms with Crippen molar-refractivity contribution in [2.75, 3.05) is 5.32 Å². The molecule has 3 rings (SSSR count). The van der Waals surface area contributed by atoms with Gasteiger partial charge in [-0.05, 0) is 54.7 Å². The quantitative estimate of drug-likeness (QED) is 0.561. The molecule has 116 valence electrons. The van der Waals surface area contributed by atoms with Gasteiger partial charge in [0, 0.05) is 10.0 Å². The van der Waals surface area contributed by atoms with Crippen LogP contribution in [0.15, 0.2) is 46.9 Å². The van der Waals surface area contributed by atoms with E-state index in [4.69, 9.17) is 12.2 Å². The molecule has 0 aliphatic rings. The first-order valence-corrected chi connectivity index (χ1v) is 8.50. The van der Waals surface area contributed by atoms with Gasteiger partial charge in [-0.2, -0.15) is 0 Å². The number of aromatic nitrogens is 1. The van der Waals surface area contributed by atoms with E-state index >= 15 is 0 Å². The lowest BCUT2D eigenvalue weighted by atomic mass is 10.2. The molecular weight excluding hydrogens is 398 g/mol. The van der Waals surface area contributed by atoms with Crippen LogP contribution in [0, 0.1) is 0 Å². The Balaban J connectivity index is 1.68. The molecule has 5 nitrogen and oxygen atoms in total. The number of carbonyl (C=O) groups is 1. The van der Waals surface area contributed by atoms with Gasteiger partial charge in [-0.3, -0.25) is 10.1 Å². The fourth-order valence-electron chi connectivity index (χ4n) is 1.87. The lowest BCUT2D eigenvalue weighted by molar-refractivity contribution is 0.0977. The molecule has 3 N–H and O–H groups in total. The smallest absolute Gasteiger partial charge is 0.257 e. The molecule has 0 aliphatic heterocycles. The van der Waals surface area contributed by atoms with Crippen molar-refractivity contribution in [1.29, 1.82) is 0 Å². The highest BCUT2D eigenvalue weighted by Crippen LogP contribution is 2.28. The maximum Gasteiger partial charge on any atom is 0.257 e. The Hall–Kier alpha value is -2.03. The van der Waals surface area contributed by atoms with Crippen molar-refractivity contribution in [2.45, 2.75) is 0 Å². The number of thiocarbonyl (C=S) groups is 1. The summed E-state index contributed by atoms with van der Waals surface area (Å²) in [7, 11) is 0. The first-order valence-electron chi connectivity index (χ1n) is 6.49. The van der Waals surface area contributed by atoms with Crippen LogP contribution in [0.25, 0.3) is 10.2 Å². The molecule has 2 aromatic carbocycles. The molecule has 0 aliphatic carbocycles. The number of benzene rings is 2. The molecule has 1 aromatic heterocycles. The molecule has 1 heterocycles. The lowest BCUT2D eigenvalue weighted by Gasteiger charge is -2.07. The normalized spacial score (nSPS) is 10.5. The maximum absolute atomic E-state index is 12.1. The number of rotatable bonds is 2. The van der Waals surface area contributed by atoms with Gasteiger partial charge in [0.2, 0.25) is 0 Å². The standard InChI is InChI=1S/C15H10BrN3O2S2/c16-9-3-1-8(2-4-9)13(21)18-14(22)19-15-17-11-6-5-10(20)7-12(11)23-15/h1-7,20H,(H2,17,18,19,21,22). The fraction of sp³-hybridized carbons (Fsp3) is 0. The Labute approximate surface area is 149 Å². The number of carbonyl (C=O) groups excluding carboxylic acids is 1. The van der Waals surface area contributed by atoms with Crippen LogP contribution in [-0.2, 0) is 0 Å². The molecule has 0 fully saturated rings. The summed E-state index contributed by atoms with van der Waals surface area (Å²) < 4.78 is 1.72. The number of nitrogens with one attached hydrogen (secondary N) is 2. The van der Waals surface area contributed by atoms with Crippen LogP contribution in [0.5, 0.6) is 5.75 Å². The zero-order chi connectivity index (χ0) is 16.4. The first-order chi connectivity index (χ1) is 11.0. The summed E-state index contributed by atoms with van der Waals surface area (Å²) in [4.78, 5) is 16.4. The summed E-state index contributed by atoms with van der Waals surface area (Å²) in [5, 5.41) is 15.7. The molecular formula is C15H10BrN3O2S2. The largest absolute Gasteiger partial charge is 0.508 e. The van der Waals surface area contributed by atoms with E-state index in [-0.39, 0.29) is 16.8 Å². The van der Waals surface area contributed by atoms with Gasteiger partial charge in [0.1, 0.15) is 5.75 Å². The minimum Gasteiger partial charge on any atom is -0.508 e. The molecule has 0 saturated heterocycles. The number of hydrogen-bond acceptors (Lipinski definition) is 5. The highest BCUT2D eigenvalue weighted by Gasteiger charge is 2.10. The van der Waals surface area contributed by atoms with Gasteiger partial charge in [-0.25, -0.2) is 4.98 Å². The minimum absolute atomic E-state index is 0.168. The van der Waals surface area contributed by atoms with Crippen LogP contribution in [0.3, 0.4) is 0 Å².